The molecule has 182 valence electrons. The van der Waals surface area contributed by atoms with Crippen molar-refractivity contribution in [3.63, 3.8) is 0 Å². The standard InChI is InChI=1S/C28H18ClN3O5/c1-32-25-22(26(34)31-28(32)36)20(21-23(30-25)18-4-2-3-5-19(18)24(21)33)14-8-12-17(13-9-14)37-27(35)15-6-10-16(29)11-7-15/h2-13,20,30H,1H3,(H,31,34,36)/t20-/m0/s1. The number of ether oxygens (including phenoxy) is 1. The van der Waals surface area contributed by atoms with Crippen LogP contribution < -0.4 is 21.3 Å². The predicted octanol–water partition coefficient (Wildman–Crippen LogP) is 4.11. The number of rotatable bonds is 3. The van der Waals surface area contributed by atoms with Gasteiger partial charge in [-0.15, -0.1) is 0 Å². The van der Waals surface area contributed by atoms with Crippen molar-refractivity contribution in [3.05, 3.63) is 132 Å². The molecule has 8 nitrogen and oxygen atoms in total. The number of carbonyl (C=O) groups excluding carboxylic acids is 2. The molecule has 0 spiro atoms. The van der Waals surface area contributed by atoms with Crippen LogP contribution in [0.2, 0.25) is 5.02 Å². The molecule has 2 heterocycles. The highest BCUT2D eigenvalue weighted by atomic mass is 35.5. The van der Waals surface area contributed by atoms with Crippen molar-refractivity contribution in [2.45, 2.75) is 5.92 Å². The van der Waals surface area contributed by atoms with Gasteiger partial charge in [0.2, 0.25) is 0 Å². The van der Waals surface area contributed by atoms with Gasteiger partial charge in [-0.3, -0.25) is 19.1 Å². The van der Waals surface area contributed by atoms with E-state index >= 15 is 0 Å². The first-order valence-corrected chi connectivity index (χ1v) is 11.8. The van der Waals surface area contributed by atoms with Crippen molar-refractivity contribution in [1.82, 2.24) is 9.55 Å². The van der Waals surface area contributed by atoms with E-state index in [0.29, 0.717) is 50.1 Å². The monoisotopic (exact) mass is 511 g/mol. The number of anilines is 1. The number of hydrogen-bond donors (Lipinski definition) is 2. The van der Waals surface area contributed by atoms with Gasteiger partial charge in [-0.2, -0.15) is 0 Å². The molecule has 3 aromatic carbocycles. The van der Waals surface area contributed by atoms with Crippen molar-refractivity contribution < 1.29 is 14.3 Å². The summed E-state index contributed by atoms with van der Waals surface area (Å²) in [6.45, 7) is 0. The van der Waals surface area contributed by atoms with E-state index < -0.39 is 23.1 Å². The summed E-state index contributed by atoms with van der Waals surface area (Å²) in [5.74, 6) is -0.875. The highest BCUT2D eigenvalue weighted by Crippen LogP contribution is 2.47. The maximum Gasteiger partial charge on any atom is 0.343 e. The summed E-state index contributed by atoms with van der Waals surface area (Å²) in [6, 6.07) is 20.1. The average Bonchev–Trinajstić information content (AvgIpc) is 3.19. The summed E-state index contributed by atoms with van der Waals surface area (Å²) in [7, 11) is 1.55. The molecule has 2 N–H and O–H groups in total. The van der Waals surface area contributed by atoms with Crippen LogP contribution in [0.15, 0.2) is 88.0 Å². The minimum Gasteiger partial charge on any atom is -0.423 e. The van der Waals surface area contributed by atoms with E-state index in [1.807, 2.05) is 12.1 Å². The average molecular weight is 512 g/mol. The minimum atomic E-state index is -0.747. The molecular formula is C28H18ClN3O5. The zero-order valence-corrected chi connectivity index (χ0v) is 20.1. The first kappa shape index (κ1) is 22.8. The lowest BCUT2D eigenvalue weighted by Crippen LogP contribution is -2.37. The molecule has 1 aliphatic carbocycles. The molecule has 0 radical (unpaired) electrons. The number of Topliss-reactive ketones (excluding diaryl/α,β-unsaturated/α-hetero) is 1. The number of fused-ring (bicyclic) bond motifs is 3. The van der Waals surface area contributed by atoms with Crippen molar-refractivity contribution in [2.24, 2.45) is 7.05 Å². The number of aromatic nitrogens is 2. The molecule has 0 fully saturated rings. The van der Waals surface area contributed by atoms with E-state index in [1.165, 1.54) is 4.57 Å². The Morgan fingerprint density at radius 2 is 1.59 bits per heavy atom. The first-order chi connectivity index (χ1) is 17.8. The van der Waals surface area contributed by atoms with Gasteiger partial charge in [0.15, 0.2) is 5.78 Å². The number of halogens is 1. The van der Waals surface area contributed by atoms with Crippen LogP contribution in [0.5, 0.6) is 5.75 Å². The van der Waals surface area contributed by atoms with Crippen LogP contribution in [0.4, 0.5) is 5.82 Å². The molecule has 6 rings (SSSR count). The molecule has 4 aromatic rings. The van der Waals surface area contributed by atoms with Crippen molar-refractivity contribution in [3.8, 4) is 5.75 Å². The molecular weight excluding hydrogens is 494 g/mol. The number of benzene rings is 3. The zero-order chi connectivity index (χ0) is 25.8. The Balaban J connectivity index is 1.44. The van der Waals surface area contributed by atoms with E-state index in [-0.39, 0.29) is 11.3 Å². The number of nitrogens with one attached hydrogen (secondary N) is 2. The second kappa shape index (κ2) is 8.46. The van der Waals surface area contributed by atoms with E-state index in [4.69, 9.17) is 16.3 Å². The Morgan fingerprint density at radius 1 is 0.919 bits per heavy atom. The SMILES string of the molecule is Cn1c2c(c(=O)[nH]c1=O)[C@@H](c1ccc(OC(=O)c3ccc(Cl)cc3)cc1)C1=C(N2)c2ccccc2C1=O. The number of allylic oxidation sites excluding steroid dienone is 1. The Bertz CT molecular complexity index is 1770. The van der Waals surface area contributed by atoms with Crippen LogP contribution in [0.25, 0.3) is 5.70 Å². The predicted molar refractivity (Wildman–Crippen MR) is 138 cm³/mol. The number of nitrogens with zero attached hydrogens (tertiary/aromatic N) is 1. The van der Waals surface area contributed by atoms with Gasteiger partial charge < -0.3 is 10.1 Å². The summed E-state index contributed by atoms with van der Waals surface area (Å²) >= 11 is 5.88. The van der Waals surface area contributed by atoms with Crippen molar-refractivity contribution in [1.29, 1.82) is 0 Å². The normalized spacial score (nSPS) is 15.5. The third kappa shape index (κ3) is 3.61. The highest BCUT2D eigenvalue weighted by molar-refractivity contribution is 6.30. The number of esters is 1. The third-order valence-corrected chi connectivity index (χ3v) is 6.89. The molecule has 0 amide bonds. The van der Waals surface area contributed by atoms with Crippen LogP contribution in [0.3, 0.4) is 0 Å². The first-order valence-electron chi connectivity index (χ1n) is 11.4. The summed E-state index contributed by atoms with van der Waals surface area (Å²) in [5, 5.41) is 3.69. The molecule has 37 heavy (non-hydrogen) atoms. The van der Waals surface area contributed by atoms with Crippen LogP contribution in [0, 0.1) is 0 Å². The summed E-state index contributed by atoms with van der Waals surface area (Å²) in [6.07, 6.45) is 0. The Morgan fingerprint density at radius 3 is 2.30 bits per heavy atom. The van der Waals surface area contributed by atoms with Gasteiger partial charge in [-0.1, -0.05) is 48.0 Å². The fraction of sp³-hybridized carbons (Fsp3) is 0.0714. The van der Waals surface area contributed by atoms with Crippen LogP contribution in [-0.2, 0) is 7.05 Å². The van der Waals surface area contributed by atoms with Gasteiger partial charge in [0.1, 0.15) is 11.6 Å². The number of hydrogen-bond acceptors (Lipinski definition) is 6. The van der Waals surface area contributed by atoms with E-state index in [9.17, 15) is 19.2 Å². The lowest BCUT2D eigenvalue weighted by molar-refractivity contribution is 0.0734. The van der Waals surface area contributed by atoms with E-state index in [0.717, 1.165) is 0 Å². The third-order valence-electron chi connectivity index (χ3n) is 6.64. The fourth-order valence-corrected chi connectivity index (χ4v) is 4.97. The Labute approximate surface area is 214 Å². The van der Waals surface area contributed by atoms with Gasteiger partial charge >= 0.3 is 11.7 Å². The fourth-order valence-electron chi connectivity index (χ4n) is 4.85. The summed E-state index contributed by atoms with van der Waals surface area (Å²) in [4.78, 5) is 53.8. The Kier molecular flexibility index (Phi) is 5.20. The summed E-state index contributed by atoms with van der Waals surface area (Å²) < 4.78 is 6.80. The van der Waals surface area contributed by atoms with Gasteiger partial charge in [0.05, 0.1) is 16.8 Å². The van der Waals surface area contributed by atoms with Gasteiger partial charge in [0, 0.05) is 34.7 Å². The van der Waals surface area contributed by atoms with Crippen LogP contribution in [-0.4, -0.2) is 21.3 Å². The molecule has 1 atom stereocenters. The maximum absolute atomic E-state index is 13.5. The number of aromatic amines is 1. The molecule has 0 unspecified atom stereocenters. The molecule has 0 bridgehead atoms. The van der Waals surface area contributed by atoms with Crippen LogP contribution in [0.1, 0.15) is 43.3 Å². The smallest absolute Gasteiger partial charge is 0.343 e. The van der Waals surface area contributed by atoms with E-state index in [1.54, 1.807) is 67.7 Å². The number of H-pyrrole nitrogens is 1. The van der Waals surface area contributed by atoms with Crippen molar-refractivity contribution in [2.75, 3.05) is 5.32 Å². The molecule has 1 aliphatic heterocycles. The van der Waals surface area contributed by atoms with Gasteiger partial charge in [0.25, 0.3) is 5.56 Å². The maximum atomic E-state index is 13.5. The number of carbonyl (C=O) groups is 2. The quantitative estimate of drug-likeness (QED) is 0.316. The molecule has 9 heteroatoms. The lowest BCUT2D eigenvalue weighted by atomic mass is 9.81. The molecule has 1 aromatic heterocycles. The largest absolute Gasteiger partial charge is 0.423 e. The minimum absolute atomic E-state index is 0.194. The topological polar surface area (TPSA) is 110 Å². The lowest BCUT2D eigenvalue weighted by Gasteiger charge is -2.29. The van der Waals surface area contributed by atoms with Crippen molar-refractivity contribution >= 4 is 34.9 Å². The highest BCUT2D eigenvalue weighted by Gasteiger charge is 2.42. The van der Waals surface area contributed by atoms with Gasteiger partial charge in [-0.05, 0) is 42.0 Å². The number of ketones is 1. The molecule has 0 saturated carbocycles. The van der Waals surface area contributed by atoms with E-state index in [2.05, 4.69) is 10.3 Å². The molecule has 2 aliphatic rings. The second-order valence-electron chi connectivity index (χ2n) is 8.77. The van der Waals surface area contributed by atoms with Crippen LogP contribution >= 0.6 is 11.6 Å². The van der Waals surface area contributed by atoms with Gasteiger partial charge in [-0.25, -0.2) is 9.59 Å². The summed E-state index contributed by atoms with van der Waals surface area (Å²) in [5.41, 5.74) is 2.30. The Hall–Kier alpha value is -4.69. The second-order valence-corrected chi connectivity index (χ2v) is 9.20. The zero-order valence-electron chi connectivity index (χ0n) is 19.4. The molecule has 0 saturated heterocycles.